The van der Waals surface area contributed by atoms with E-state index in [1.807, 2.05) is 0 Å². The van der Waals surface area contributed by atoms with Gasteiger partial charge < -0.3 is 25.2 Å². The minimum Gasteiger partial charge on any atom is -0.495 e. The van der Waals surface area contributed by atoms with Crippen LogP contribution in [0.25, 0.3) is 0 Å². The molecule has 0 bridgehead atoms. The fourth-order valence-corrected chi connectivity index (χ4v) is 4.83. The van der Waals surface area contributed by atoms with Crippen LogP contribution in [0.5, 0.6) is 11.5 Å². The van der Waals surface area contributed by atoms with Crippen molar-refractivity contribution in [3.8, 4) is 11.5 Å². The second kappa shape index (κ2) is 10.7. The van der Waals surface area contributed by atoms with Crippen LogP contribution >= 0.6 is 11.3 Å². The molecule has 0 aliphatic carbocycles. The third-order valence-electron chi connectivity index (χ3n) is 4.25. The van der Waals surface area contributed by atoms with E-state index in [0.29, 0.717) is 17.4 Å². The van der Waals surface area contributed by atoms with Crippen LogP contribution in [0.3, 0.4) is 0 Å². The van der Waals surface area contributed by atoms with Crippen molar-refractivity contribution < 1.29 is 41.0 Å². The zero-order valence-corrected chi connectivity index (χ0v) is 19.6. The molecule has 35 heavy (non-hydrogen) atoms. The van der Waals surface area contributed by atoms with E-state index in [1.165, 1.54) is 48.9 Å². The lowest BCUT2D eigenvalue weighted by Crippen LogP contribution is -2.17. The number of hydrogen-bond acceptors (Lipinski definition) is 9. The molecule has 3 aromatic rings. The van der Waals surface area contributed by atoms with E-state index in [2.05, 4.69) is 25.1 Å². The Morgan fingerprint density at radius 2 is 1.89 bits per heavy atom. The molecule has 3 rings (SSSR count). The van der Waals surface area contributed by atoms with Gasteiger partial charge in [0.15, 0.2) is 10.2 Å². The van der Waals surface area contributed by atoms with E-state index in [9.17, 15) is 26.4 Å². The number of carboxylic acids is 1. The maximum atomic E-state index is 12.7. The summed E-state index contributed by atoms with van der Waals surface area (Å²) in [6.45, 7) is 0.581. The number of alkyl halides is 3. The summed E-state index contributed by atoms with van der Waals surface area (Å²) in [5.74, 6) is -1.52. The van der Waals surface area contributed by atoms with Crippen molar-refractivity contribution in [2.45, 2.75) is 11.4 Å². The number of nitrogens with zero attached hydrogens (tertiary/aromatic N) is 1. The van der Waals surface area contributed by atoms with Crippen LogP contribution in [0, 0.1) is 0 Å². The molecule has 0 spiro atoms. The highest BCUT2D eigenvalue weighted by molar-refractivity contribution is 7.92. The fourth-order valence-electron chi connectivity index (χ4n) is 2.75. The minimum atomic E-state index is -4.79. The maximum absolute atomic E-state index is 12.7. The molecule has 1 heterocycles. The van der Waals surface area contributed by atoms with E-state index >= 15 is 0 Å². The number of anilines is 3. The number of rotatable bonds is 11. The molecule has 0 saturated heterocycles. The molecule has 1 aromatic heterocycles. The number of carbonyl (C=O) groups is 1. The summed E-state index contributed by atoms with van der Waals surface area (Å²) < 4.78 is 73.6. The fraction of sp³-hybridized carbons (Fsp3) is 0.200. The van der Waals surface area contributed by atoms with Gasteiger partial charge >= 0.3 is 12.3 Å². The molecule has 4 N–H and O–H groups in total. The SMILES string of the molecule is COc1cc(C(=O)O)ccc1NS(=O)(=O)c1csc(NCCNc2cccc(OC(F)(F)F)c2)n1. The molecule has 0 aliphatic heterocycles. The Kier molecular flexibility index (Phi) is 7.91. The minimum absolute atomic E-state index is 0.0258. The number of benzene rings is 2. The van der Waals surface area contributed by atoms with Gasteiger partial charge in [-0.05, 0) is 30.3 Å². The lowest BCUT2D eigenvalue weighted by atomic mass is 10.2. The molecule has 0 saturated carbocycles. The van der Waals surface area contributed by atoms with Crippen LogP contribution in [0.2, 0.25) is 0 Å². The van der Waals surface area contributed by atoms with Gasteiger partial charge in [-0.2, -0.15) is 8.42 Å². The van der Waals surface area contributed by atoms with Crippen molar-refractivity contribution in [2.24, 2.45) is 0 Å². The van der Waals surface area contributed by atoms with Gasteiger partial charge in [0.2, 0.25) is 0 Å². The largest absolute Gasteiger partial charge is 0.573 e. The van der Waals surface area contributed by atoms with Crippen LogP contribution in [-0.4, -0.2) is 51.0 Å². The summed E-state index contributed by atoms with van der Waals surface area (Å²) in [6.07, 6.45) is -4.79. The van der Waals surface area contributed by atoms with Gasteiger partial charge in [-0.15, -0.1) is 24.5 Å². The van der Waals surface area contributed by atoms with Gasteiger partial charge in [-0.3, -0.25) is 4.72 Å². The van der Waals surface area contributed by atoms with Gasteiger partial charge in [0.1, 0.15) is 11.5 Å². The zero-order valence-electron chi connectivity index (χ0n) is 17.9. The first-order valence-electron chi connectivity index (χ1n) is 9.70. The number of sulfonamides is 1. The molecule has 0 radical (unpaired) electrons. The number of carboxylic acid groups (broad SMARTS) is 1. The monoisotopic (exact) mass is 532 g/mol. The first kappa shape index (κ1) is 25.9. The number of ether oxygens (including phenoxy) is 2. The summed E-state index contributed by atoms with van der Waals surface area (Å²) in [5.41, 5.74) is 0.377. The van der Waals surface area contributed by atoms with Crippen molar-refractivity contribution in [1.29, 1.82) is 0 Å². The van der Waals surface area contributed by atoms with Crippen molar-refractivity contribution in [1.82, 2.24) is 4.98 Å². The molecular weight excluding hydrogens is 513 g/mol. The van der Waals surface area contributed by atoms with E-state index in [4.69, 9.17) is 9.84 Å². The molecule has 188 valence electrons. The van der Waals surface area contributed by atoms with E-state index in [-0.39, 0.29) is 34.3 Å². The number of halogens is 3. The molecule has 15 heteroatoms. The van der Waals surface area contributed by atoms with E-state index in [0.717, 1.165) is 11.3 Å². The van der Waals surface area contributed by atoms with Crippen LogP contribution < -0.4 is 24.8 Å². The molecule has 0 aliphatic rings. The van der Waals surface area contributed by atoms with Crippen LogP contribution in [0.4, 0.5) is 29.7 Å². The summed E-state index contributed by atoms with van der Waals surface area (Å²) in [7, 11) is -2.82. The second-order valence-corrected chi connectivity index (χ2v) is 9.23. The Bertz CT molecular complexity index is 1300. The van der Waals surface area contributed by atoms with E-state index < -0.39 is 22.4 Å². The topological polar surface area (TPSA) is 139 Å². The number of aromatic carboxylic acids is 1. The molecular formula is C20H19F3N4O6S2. The predicted octanol–water partition coefficient (Wildman–Crippen LogP) is 4.07. The molecule has 0 fully saturated rings. The maximum Gasteiger partial charge on any atom is 0.573 e. The van der Waals surface area contributed by atoms with E-state index in [1.54, 1.807) is 6.07 Å². The normalized spacial score (nSPS) is 11.5. The highest BCUT2D eigenvalue weighted by atomic mass is 32.2. The van der Waals surface area contributed by atoms with Gasteiger partial charge in [0.05, 0.1) is 18.4 Å². The quantitative estimate of drug-likeness (QED) is 0.269. The third kappa shape index (κ3) is 7.38. The second-order valence-electron chi connectivity index (χ2n) is 6.75. The Morgan fingerprint density at radius 1 is 1.14 bits per heavy atom. The molecule has 0 unspecified atom stereocenters. The number of aromatic nitrogens is 1. The van der Waals surface area contributed by atoms with Gasteiger partial charge in [-0.1, -0.05) is 6.07 Å². The lowest BCUT2D eigenvalue weighted by Gasteiger charge is -2.11. The Labute approximate surface area is 201 Å². The highest BCUT2D eigenvalue weighted by Gasteiger charge is 2.31. The molecule has 2 aromatic carbocycles. The molecule has 0 atom stereocenters. The first-order valence-corrected chi connectivity index (χ1v) is 12.1. The Balaban J connectivity index is 1.56. The number of methoxy groups -OCH3 is 1. The molecule has 10 nitrogen and oxygen atoms in total. The third-order valence-corrected chi connectivity index (χ3v) is 6.45. The lowest BCUT2D eigenvalue weighted by molar-refractivity contribution is -0.274. The molecule has 0 amide bonds. The number of hydrogen-bond donors (Lipinski definition) is 4. The average Bonchev–Trinajstić information content (AvgIpc) is 3.26. The van der Waals surface area contributed by atoms with Crippen LogP contribution in [-0.2, 0) is 10.0 Å². The van der Waals surface area contributed by atoms with Gasteiger partial charge in [0, 0.05) is 30.2 Å². The Morgan fingerprint density at radius 3 is 2.57 bits per heavy atom. The summed E-state index contributed by atoms with van der Waals surface area (Å²) >= 11 is 1.04. The summed E-state index contributed by atoms with van der Waals surface area (Å²) in [6, 6.07) is 9.04. The van der Waals surface area contributed by atoms with Crippen LogP contribution in [0.15, 0.2) is 52.9 Å². The predicted molar refractivity (Wildman–Crippen MR) is 123 cm³/mol. The smallest absolute Gasteiger partial charge is 0.495 e. The van der Waals surface area contributed by atoms with Gasteiger partial charge in [-0.25, -0.2) is 9.78 Å². The van der Waals surface area contributed by atoms with Crippen molar-refractivity contribution in [2.75, 3.05) is 35.6 Å². The Hall–Kier alpha value is -3.72. The summed E-state index contributed by atoms with van der Waals surface area (Å²) in [5, 5.41) is 16.2. The number of thiazole rings is 1. The zero-order chi connectivity index (χ0) is 25.6. The van der Waals surface area contributed by atoms with Crippen LogP contribution in [0.1, 0.15) is 10.4 Å². The van der Waals surface area contributed by atoms with Crippen molar-refractivity contribution >= 4 is 43.8 Å². The van der Waals surface area contributed by atoms with Crippen molar-refractivity contribution in [3.63, 3.8) is 0 Å². The average molecular weight is 533 g/mol. The standard InChI is InChI=1S/C20H19F3N4O6S2/c1-32-16-9-12(18(28)29)5-6-15(16)27-35(30,31)17-11-34-19(26-17)25-8-7-24-13-3-2-4-14(10-13)33-20(21,22)23/h2-6,9-11,24,27H,7-8H2,1H3,(H,25,26)(H,28,29). The summed E-state index contributed by atoms with van der Waals surface area (Å²) in [4.78, 5) is 15.1. The van der Waals surface area contributed by atoms with Gasteiger partial charge in [0.25, 0.3) is 10.0 Å². The number of nitrogens with one attached hydrogen (secondary N) is 3. The van der Waals surface area contributed by atoms with Crippen molar-refractivity contribution in [3.05, 3.63) is 53.4 Å². The first-order chi connectivity index (χ1) is 16.5. The highest BCUT2D eigenvalue weighted by Crippen LogP contribution is 2.29.